The second-order valence-corrected chi connectivity index (χ2v) is 4.71. The van der Waals surface area contributed by atoms with E-state index in [1.54, 1.807) is 48.2 Å². The molecule has 0 radical (unpaired) electrons. The van der Waals surface area contributed by atoms with Crippen LogP contribution in [0, 0.1) is 0 Å². The Labute approximate surface area is 124 Å². The number of carboxylic acids is 1. The molecule has 0 bridgehead atoms. The highest BCUT2D eigenvalue weighted by Crippen LogP contribution is 2.08. The van der Waals surface area contributed by atoms with Crippen LogP contribution in [-0.2, 0) is 11.3 Å². The van der Waals surface area contributed by atoms with Crippen molar-refractivity contribution < 1.29 is 19.4 Å². The van der Waals surface area contributed by atoms with Gasteiger partial charge in [0.1, 0.15) is 0 Å². The van der Waals surface area contributed by atoms with Gasteiger partial charge in [-0.15, -0.1) is 0 Å². The highest BCUT2D eigenvalue weighted by molar-refractivity contribution is 5.87. The highest BCUT2D eigenvalue weighted by atomic mass is 16.5. The van der Waals surface area contributed by atoms with E-state index in [-0.39, 0.29) is 11.6 Å². The van der Waals surface area contributed by atoms with Crippen LogP contribution in [0.1, 0.15) is 22.8 Å². The first-order valence-corrected chi connectivity index (χ1v) is 6.80. The largest absolute Gasteiger partial charge is 0.478 e. The summed E-state index contributed by atoms with van der Waals surface area (Å²) in [6.45, 7) is 4.02. The number of amides is 2. The Hall–Kier alpha value is -2.08. The smallest absolute Gasteiger partial charge is 0.335 e. The van der Waals surface area contributed by atoms with E-state index in [1.807, 2.05) is 6.92 Å². The molecule has 0 spiro atoms. The Bertz CT molecular complexity index is 473. The summed E-state index contributed by atoms with van der Waals surface area (Å²) in [5.41, 5.74) is 1.13. The van der Waals surface area contributed by atoms with Crippen LogP contribution in [0.4, 0.5) is 4.79 Å². The molecule has 1 aromatic rings. The van der Waals surface area contributed by atoms with Crippen molar-refractivity contribution >= 4 is 12.0 Å². The van der Waals surface area contributed by atoms with Gasteiger partial charge in [0.25, 0.3) is 0 Å². The third-order valence-electron chi connectivity index (χ3n) is 3.16. The van der Waals surface area contributed by atoms with E-state index in [1.165, 1.54) is 0 Å². The SMILES string of the molecule is CCN(CCOC)C(=O)N(C)Cc1ccc(C(=O)O)cc1. The summed E-state index contributed by atoms with van der Waals surface area (Å²) in [5.74, 6) is -0.956. The maximum atomic E-state index is 12.3. The number of benzene rings is 1. The monoisotopic (exact) mass is 294 g/mol. The summed E-state index contributed by atoms with van der Waals surface area (Å²) in [7, 11) is 3.33. The zero-order chi connectivity index (χ0) is 15.8. The summed E-state index contributed by atoms with van der Waals surface area (Å²) in [5, 5.41) is 8.85. The number of carboxylic acid groups (broad SMARTS) is 1. The maximum Gasteiger partial charge on any atom is 0.335 e. The summed E-state index contributed by atoms with van der Waals surface area (Å²) >= 11 is 0. The number of urea groups is 1. The predicted molar refractivity (Wildman–Crippen MR) is 79.4 cm³/mol. The molecule has 1 rings (SSSR count). The van der Waals surface area contributed by atoms with Crippen molar-refractivity contribution in [1.29, 1.82) is 0 Å². The van der Waals surface area contributed by atoms with Gasteiger partial charge in [-0.25, -0.2) is 9.59 Å². The van der Waals surface area contributed by atoms with Crippen molar-refractivity contribution in [2.45, 2.75) is 13.5 Å². The molecule has 1 N–H and O–H groups in total. The fraction of sp³-hybridized carbons (Fsp3) is 0.467. The van der Waals surface area contributed by atoms with E-state index in [2.05, 4.69) is 0 Å². The van der Waals surface area contributed by atoms with E-state index in [4.69, 9.17) is 9.84 Å². The predicted octanol–water partition coefficient (Wildman–Crippen LogP) is 1.90. The van der Waals surface area contributed by atoms with Gasteiger partial charge in [-0.3, -0.25) is 0 Å². The Kier molecular flexibility index (Phi) is 6.68. The van der Waals surface area contributed by atoms with Gasteiger partial charge in [0.2, 0.25) is 0 Å². The quantitative estimate of drug-likeness (QED) is 0.834. The van der Waals surface area contributed by atoms with E-state index >= 15 is 0 Å². The number of hydrogen-bond donors (Lipinski definition) is 1. The second kappa shape index (κ2) is 8.26. The lowest BCUT2D eigenvalue weighted by atomic mass is 10.1. The molecule has 0 aliphatic rings. The van der Waals surface area contributed by atoms with Crippen molar-refractivity contribution in [3.05, 3.63) is 35.4 Å². The molecule has 0 saturated heterocycles. The Morgan fingerprint density at radius 1 is 1.24 bits per heavy atom. The molecule has 1 aromatic carbocycles. The van der Waals surface area contributed by atoms with Crippen LogP contribution in [0.3, 0.4) is 0 Å². The molecule has 0 aliphatic heterocycles. The molecule has 0 aliphatic carbocycles. The van der Waals surface area contributed by atoms with Gasteiger partial charge in [0.15, 0.2) is 0 Å². The fourth-order valence-electron chi connectivity index (χ4n) is 1.93. The number of methoxy groups -OCH3 is 1. The van der Waals surface area contributed by atoms with Gasteiger partial charge in [0, 0.05) is 33.8 Å². The lowest BCUT2D eigenvalue weighted by Gasteiger charge is -2.27. The molecule has 116 valence electrons. The van der Waals surface area contributed by atoms with Crippen LogP contribution in [0.2, 0.25) is 0 Å². The third-order valence-corrected chi connectivity index (χ3v) is 3.16. The van der Waals surface area contributed by atoms with Crippen LogP contribution < -0.4 is 0 Å². The van der Waals surface area contributed by atoms with Gasteiger partial charge in [0.05, 0.1) is 12.2 Å². The molecule has 0 aromatic heterocycles. The molecule has 0 saturated carbocycles. The first-order valence-electron chi connectivity index (χ1n) is 6.80. The number of rotatable bonds is 7. The minimum atomic E-state index is -0.956. The Balaban J connectivity index is 2.64. The van der Waals surface area contributed by atoms with E-state index in [0.717, 1.165) is 5.56 Å². The molecule has 2 amide bonds. The zero-order valence-electron chi connectivity index (χ0n) is 12.7. The average molecular weight is 294 g/mol. The molecular formula is C15H22N2O4. The minimum Gasteiger partial charge on any atom is -0.478 e. The second-order valence-electron chi connectivity index (χ2n) is 4.71. The Morgan fingerprint density at radius 2 is 1.86 bits per heavy atom. The van der Waals surface area contributed by atoms with E-state index < -0.39 is 5.97 Å². The summed E-state index contributed by atoms with van der Waals surface area (Å²) in [4.78, 5) is 26.4. The summed E-state index contributed by atoms with van der Waals surface area (Å²) in [6, 6.07) is 6.45. The number of ether oxygens (including phenoxy) is 1. The first-order chi connectivity index (χ1) is 9.99. The number of nitrogens with zero attached hydrogens (tertiary/aromatic N) is 2. The third kappa shape index (κ3) is 5.07. The van der Waals surface area contributed by atoms with E-state index in [0.29, 0.717) is 26.2 Å². The number of hydrogen-bond acceptors (Lipinski definition) is 3. The highest BCUT2D eigenvalue weighted by Gasteiger charge is 2.16. The van der Waals surface area contributed by atoms with Gasteiger partial charge in [-0.05, 0) is 24.6 Å². The van der Waals surface area contributed by atoms with Crippen molar-refractivity contribution in [3.8, 4) is 0 Å². The van der Waals surface area contributed by atoms with Crippen LogP contribution in [0.5, 0.6) is 0 Å². The first kappa shape index (κ1) is 17.0. The lowest BCUT2D eigenvalue weighted by molar-refractivity contribution is 0.0696. The Morgan fingerprint density at radius 3 is 2.33 bits per heavy atom. The van der Waals surface area contributed by atoms with Crippen LogP contribution in [-0.4, -0.2) is 60.8 Å². The fourth-order valence-corrected chi connectivity index (χ4v) is 1.93. The molecule has 0 fully saturated rings. The molecule has 21 heavy (non-hydrogen) atoms. The van der Waals surface area contributed by atoms with Crippen molar-refractivity contribution in [3.63, 3.8) is 0 Å². The minimum absolute atomic E-state index is 0.0724. The molecule has 0 atom stereocenters. The lowest BCUT2D eigenvalue weighted by Crippen LogP contribution is -2.42. The topological polar surface area (TPSA) is 70.1 Å². The van der Waals surface area contributed by atoms with Crippen molar-refractivity contribution in [2.24, 2.45) is 0 Å². The number of carbonyl (C=O) groups is 2. The van der Waals surface area contributed by atoms with Crippen molar-refractivity contribution in [2.75, 3.05) is 33.9 Å². The van der Waals surface area contributed by atoms with Crippen LogP contribution >= 0.6 is 0 Å². The normalized spacial score (nSPS) is 10.2. The number of aromatic carboxylic acids is 1. The van der Waals surface area contributed by atoms with Crippen LogP contribution in [0.25, 0.3) is 0 Å². The zero-order valence-corrected chi connectivity index (χ0v) is 12.7. The summed E-state index contributed by atoms with van der Waals surface area (Å²) < 4.78 is 4.99. The van der Waals surface area contributed by atoms with Crippen LogP contribution in [0.15, 0.2) is 24.3 Å². The molecule has 6 heteroatoms. The summed E-state index contributed by atoms with van der Waals surface area (Å²) in [6.07, 6.45) is 0. The molecular weight excluding hydrogens is 272 g/mol. The molecule has 6 nitrogen and oxygen atoms in total. The average Bonchev–Trinajstić information content (AvgIpc) is 2.48. The van der Waals surface area contributed by atoms with E-state index in [9.17, 15) is 9.59 Å². The maximum absolute atomic E-state index is 12.3. The van der Waals surface area contributed by atoms with Gasteiger partial charge in [-0.2, -0.15) is 0 Å². The van der Waals surface area contributed by atoms with Gasteiger partial charge in [-0.1, -0.05) is 12.1 Å². The van der Waals surface area contributed by atoms with Gasteiger partial charge < -0.3 is 19.6 Å². The number of carbonyl (C=O) groups excluding carboxylic acids is 1. The van der Waals surface area contributed by atoms with Crippen molar-refractivity contribution in [1.82, 2.24) is 9.80 Å². The molecule has 0 heterocycles. The van der Waals surface area contributed by atoms with Gasteiger partial charge >= 0.3 is 12.0 Å². The molecule has 0 unspecified atom stereocenters. The standard InChI is InChI=1S/C15H22N2O4/c1-4-17(9-10-21-3)15(20)16(2)11-12-5-7-13(8-6-12)14(18)19/h5-8H,4,9-11H2,1-3H3,(H,18,19). The number of likely N-dealkylation sites (N-methyl/N-ethyl adjacent to an activating group) is 1.